The quantitative estimate of drug-likeness (QED) is 0.0454. The van der Waals surface area contributed by atoms with E-state index in [9.17, 15) is 52.7 Å². The molecule has 64 heavy (non-hydrogen) atoms. The standard InChI is InChI=1S/C24H31N3O6S.C20H28N4O5S/c1-17(2)20(29)12-8-4-7-11-19(28)13-25-21(30)14-26-22(31)15-27-23(32)16-34-24(33)18-9-5-3-6-10-18;1-2-3-7-10-21-16(25)11-22-17(26)12-23-18(27)13-24-19(28)14-30-20(29)15-8-5-4-6-9-15/h3,5-6,9-10H,1,4,7-8,11-16H2,2H3,(H,25,30)(H,26,31)(H,27,32);4-6,8-9H,2-3,7,10-14H2,1H3,(H,21,25)(H,22,26)(H,23,27)(H,24,28). The highest BCUT2D eigenvalue weighted by atomic mass is 32.2. The molecule has 2 aromatic rings. The Labute approximate surface area is 381 Å². The third-order valence-electron chi connectivity index (χ3n) is 8.34. The maximum atomic E-state index is 11.9. The molecule has 0 aliphatic rings. The van der Waals surface area contributed by atoms with Crippen LogP contribution in [-0.4, -0.2) is 120 Å². The van der Waals surface area contributed by atoms with Gasteiger partial charge in [-0.05, 0) is 31.8 Å². The minimum absolute atomic E-state index is 0.0252. The molecule has 0 radical (unpaired) electrons. The van der Waals surface area contributed by atoms with Crippen molar-refractivity contribution in [3.63, 3.8) is 0 Å². The number of hydrogen-bond acceptors (Lipinski definition) is 13. The van der Waals surface area contributed by atoms with Gasteiger partial charge in [0.05, 0.1) is 50.8 Å². The summed E-state index contributed by atoms with van der Waals surface area (Å²) in [5.74, 6) is -3.76. The molecule has 348 valence electrons. The molecule has 0 heterocycles. The van der Waals surface area contributed by atoms with Gasteiger partial charge in [0.1, 0.15) is 0 Å². The van der Waals surface area contributed by atoms with Crippen LogP contribution in [0.25, 0.3) is 0 Å². The van der Waals surface area contributed by atoms with Crippen molar-refractivity contribution in [3.05, 3.63) is 83.9 Å². The minimum Gasteiger partial charge on any atom is -0.355 e. The summed E-state index contributed by atoms with van der Waals surface area (Å²) in [6.07, 6.45) is 5.74. The van der Waals surface area contributed by atoms with E-state index in [0.717, 1.165) is 49.2 Å². The van der Waals surface area contributed by atoms with Crippen molar-refractivity contribution < 1.29 is 52.7 Å². The molecule has 0 spiro atoms. The second-order valence-corrected chi connectivity index (χ2v) is 15.8. The van der Waals surface area contributed by atoms with Crippen LogP contribution in [0, 0.1) is 0 Å². The van der Waals surface area contributed by atoms with Crippen LogP contribution < -0.4 is 37.2 Å². The van der Waals surface area contributed by atoms with Gasteiger partial charge < -0.3 is 37.2 Å². The highest BCUT2D eigenvalue weighted by molar-refractivity contribution is 8.14. The molecule has 0 atom stereocenters. The highest BCUT2D eigenvalue weighted by Crippen LogP contribution is 2.12. The van der Waals surface area contributed by atoms with E-state index in [2.05, 4.69) is 50.7 Å². The number of benzene rings is 2. The van der Waals surface area contributed by atoms with E-state index in [1.807, 2.05) is 0 Å². The summed E-state index contributed by atoms with van der Waals surface area (Å²) in [4.78, 5) is 129. The molecule has 0 fully saturated rings. The minimum atomic E-state index is -0.571. The monoisotopic (exact) mass is 925 g/mol. The van der Waals surface area contributed by atoms with Crippen LogP contribution in [0.2, 0.25) is 0 Å². The van der Waals surface area contributed by atoms with Gasteiger partial charge in [0.2, 0.25) is 51.6 Å². The summed E-state index contributed by atoms with van der Waals surface area (Å²) in [6, 6.07) is 17.1. The number of allylic oxidation sites excluding steroid dienone is 1. The maximum Gasteiger partial charge on any atom is 0.239 e. The van der Waals surface area contributed by atoms with E-state index in [4.69, 9.17) is 0 Å². The van der Waals surface area contributed by atoms with E-state index < -0.39 is 35.4 Å². The smallest absolute Gasteiger partial charge is 0.239 e. The van der Waals surface area contributed by atoms with Gasteiger partial charge in [0, 0.05) is 30.5 Å². The zero-order valence-corrected chi connectivity index (χ0v) is 37.9. The Hall–Kier alpha value is -6.15. The van der Waals surface area contributed by atoms with Crippen LogP contribution >= 0.6 is 23.5 Å². The molecule has 7 N–H and O–H groups in total. The van der Waals surface area contributed by atoms with Gasteiger partial charge in [0.15, 0.2) is 11.6 Å². The van der Waals surface area contributed by atoms with Crippen molar-refractivity contribution in [2.24, 2.45) is 0 Å². The number of carbonyl (C=O) groups is 11. The predicted octanol–water partition coefficient (Wildman–Crippen LogP) is 1.79. The van der Waals surface area contributed by atoms with E-state index in [1.165, 1.54) is 0 Å². The fourth-order valence-electron chi connectivity index (χ4n) is 4.77. The molecule has 7 amide bonds. The average Bonchev–Trinajstić information content (AvgIpc) is 3.30. The summed E-state index contributed by atoms with van der Waals surface area (Å²) in [6.45, 7) is 6.30. The molecule has 0 saturated heterocycles. The second kappa shape index (κ2) is 34.3. The third-order valence-corrected chi connectivity index (χ3v) is 10.1. The zero-order chi connectivity index (χ0) is 47.5. The zero-order valence-electron chi connectivity index (χ0n) is 36.3. The van der Waals surface area contributed by atoms with Crippen LogP contribution in [-0.2, 0) is 43.2 Å². The largest absolute Gasteiger partial charge is 0.355 e. The van der Waals surface area contributed by atoms with Crippen molar-refractivity contribution >= 4 is 86.7 Å². The molecule has 0 unspecified atom stereocenters. The van der Waals surface area contributed by atoms with Gasteiger partial charge in [0.25, 0.3) is 0 Å². The first-order valence-corrected chi connectivity index (χ1v) is 22.6. The van der Waals surface area contributed by atoms with Gasteiger partial charge in [-0.25, -0.2) is 0 Å². The normalized spacial score (nSPS) is 10.1. The van der Waals surface area contributed by atoms with Crippen molar-refractivity contribution in [1.82, 2.24) is 37.2 Å². The summed E-state index contributed by atoms with van der Waals surface area (Å²) in [5.41, 5.74) is 1.51. The molecule has 2 rings (SSSR count). The van der Waals surface area contributed by atoms with Crippen molar-refractivity contribution in [2.75, 3.05) is 57.3 Å². The Kier molecular flexibility index (Phi) is 30.0. The second-order valence-electron chi connectivity index (χ2n) is 13.9. The number of thioether (sulfide) groups is 2. The molecule has 18 nitrogen and oxygen atoms in total. The third kappa shape index (κ3) is 29.2. The number of hydrogen-bond donors (Lipinski definition) is 7. The SMILES string of the molecule is C=C(C)C(=O)CCCCCC(=O)CNC(=O)CNC(=O)CNC(=O)CSC(=O)c1ccccc1.CCCCCNC(=O)CNC(=O)CNC(=O)CNC(=O)CSC(=O)c1ccccc1. The Morgan fingerprint density at radius 2 is 0.828 bits per heavy atom. The number of ketones is 2. The molecule has 2 aromatic carbocycles. The van der Waals surface area contributed by atoms with Crippen molar-refractivity contribution in [1.29, 1.82) is 0 Å². The Balaban J connectivity index is 0.000000645. The lowest BCUT2D eigenvalue weighted by atomic mass is 10.1. The van der Waals surface area contributed by atoms with Gasteiger partial charge in [-0.15, -0.1) is 0 Å². The molecule has 0 saturated carbocycles. The van der Waals surface area contributed by atoms with Crippen molar-refractivity contribution in [2.45, 2.75) is 65.2 Å². The molecular weight excluding hydrogens is 867 g/mol. The van der Waals surface area contributed by atoms with Crippen LogP contribution in [0.5, 0.6) is 0 Å². The van der Waals surface area contributed by atoms with Crippen molar-refractivity contribution in [3.8, 4) is 0 Å². The fraction of sp³-hybridized carbons (Fsp3) is 0.432. The predicted molar refractivity (Wildman–Crippen MR) is 245 cm³/mol. The number of unbranched alkanes of at least 4 members (excludes halogenated alkanes) is 4. The van der Waals surface area contributed by atoms with Crippen LogP contribution in [0.1, 0.15) is 85.9 Å². The molecular formula is C44H59N7O11S2. The highest BCUT2D eigenvalue weighted by Gasteiger charge is 2.14. The fourth-order valence-corrected chi connectivity index (χ4v) is 6.11. The summed E-state index contributed by atoms with van der Waals surface area (Å²) < 4.78 is 0. The first kappa shape index (κ1) is 55.9. The Morgan fingerprint density at radius 1 is 0.453 bits per heavy atom. The number of amides is 7. The molecule has 20 heteroatoms. The molecule has 0 aromatic heterocycles. The van der Waals surface area contributed by atoms with E-state index >= 15 is 0 Å². The van der Waals surface area contributed by atoms with Gasteiger partial charge in [-0.2, -0.15) is 0 Å². The van der Waals surface area contributed by atoms with Gasteiger partial charge in [-0.3, -0.25) is 52.7 Å². The van der Waals surface area contributed by atoms with E-state index in [0.29, 0.717) is 48.9 Å². The Morgan fingerprint density at radius 3 is 1.23 bits per heavy atom. The first-order valence-electron chi connectivity index (χ1n) is 20.6. The number of rotatable bonds is 29. The summed E-state index contributed by atoms with van der Waals surface area (Å²) in [5, 5.41) is 16.5. The number of Topliss-reactive ketones (excluding diaryl/α,β-unsaturated/α-hetero) is 2. The summed E-state index contributed by atoms with van der Waals surface area (Å²) in [7, 11) is 0. The number of carbonyl (C=O) groups excluding carboxylic acids is 11. The first-order chi connectivity index (χ1) is 30.6. The van der Waals surface area contributed by atoms with Gasteiger partial charge >= 0.3 is 0 Å². The van der Waals surface area contributed by atoms with Crippen LogP contribution in [0.15, 0.2) is 72.8 Å². The van der Waals surface area contributed by atoms with Crippen LogP contribution in [0.4, 0.5) is 0 Å². The molecule has 0 aliphatic heterocycles. The maximum absolute atomic E-state index is 11.9. The van der Waals surface area contributed by atoms with E-state index in [-0.39, 0.29) is 78.5 Å². The lowest BCUT2D eigenvalue weighted by Crippen LogP contribution is -2.44. The van der Waals surface area contributed by atoms with Gasteiger partial charge in [-0.1, -0.05) is 117 Å². The Bertz CT molecular complexity index is 1900. The lowest BCUT2D eigenvalue weighted by Gasteiger charge is -2.08. The molecule has 0 aliphatic carbocycles. The lowest BCUT2D eigenvalue weighted by molar-refractivity contribution is -0.128. The number of nitrogens with one attached hydrogen (secondary N) is 7. The topological polar surface area (TPSA) is 272 Å². The van der Waals surface area contributed by atoms with E-state index in [1.54, 1.807) is 67.6 Å². The summed E-state index contributed by atoms with van der Waals surface area (Å²) >= 11 is 1.67. The molecule has 0 bridgehead atoms. The van der Waals surface area contributed by atoms with Crippen LogP contribution in [0.3, 0.4) is 0 Å². The average molecular weight is 926 g/mol.